The molecular weight excluding hydrogens is 342 g/mol. The van der Waals surface area contributed by atoms with Crippen molar-refractivity contribution < 1.29 is 22.4 Å². The lowest BCUT2D eigenvalue weighted by atomic mass is 10.0. The Morgan fingerprint density at radius 1 is 1.17 bits per heavy atom. The molecule has 0 aromatic heterocycles. The van der Waals surface area contributed by atoms with E-state index in [0.29, 0.717) is 10.5 Å². The zero-order chi connectivity index (χ0) is 17.7. The fourth-order valence-corrected chi connectivity index (χ4v) is 2.81. The summed E-state index contributed by atoms with van der Waals surface area (Å²) in [6.07, 6.45) is -4.43. The third kappa shape index (κ3) is 4.99. The molecule has 2 aromatic rings. The molecule has 0 saturated carbocycles. The lowest BCUT2D eigenvalue weighted by Crippen LogP contribution is -2.28. The Morgan fingerprint density at radius 3 is 2.54 bits per heavy atom. The number of rotatable bonds is 5. The minimum Gasteiger partial charge on any atom is -0.349 e. The Labute approximate surface area is 141 Å². The van der Waals surface area contributed by atoms with Crippen LogP contribution >= 0.6 is 11.8 Å². The molecule has 1 N–H and O–H groups in total. The molecule has 0 aliphatic heterocycles. The molecule has 0 aliphatic carbocycles. The molecular formula is C17H15F4NOS. The number of halogens is 4. The molecule has 2 rings (SSSR count). The summed E-state index contributed by atoms with van der Waals surface area (Å²) < 4.78 is 51.6. The monoisotopic (exact) mass is 357 g/mol. The largest absolute Gasteiger partial charge is 0.416 e. The number of hydrogen-bond donors (Lipinski definition) is 1. The first-order valence-electron chi connectivity index (χ1n) is 7.11. The van der Waals surface area contributed by atoms with Crippen molar-refractivity contribution in [3.8, 4) is 0 Å². The Hall–Kier alpha value is -2.02. The van der Waals surface area contributed by atoms with Gasteiger partial charge in [0, 0.05) is 4.90 Å². The zero-order valence-electron chi connectivity index (χ0n) is 12.7. The van der Waals surface area contributed by atoms with E-state index < -0.39 is 23.6 Å². The highest BCUT2D eigenvalue weighted by atomic mass is 32.2. The second-order valence-corrected chi connectivity index (χ2v) is 6.15. The van der Waals surface area contributed by atoms with Crippen LogP contribution in [0.2, 0.25) is 0 Å². The van der Waals surface area contributed by atoms with E-state index in [1.54, 1.807) is 25.1 Å². The van der Waals surface area contributed by atoms with Gasteiger partial charge in [-0.2, -0.15) is 13.2 Å². The molecule has 0 heterocycles. The van der Waals surface area contributed by atoms with Crippen LogP contribution in [0.1, 0.15) is 24.1 Å². The summed E-state index contributed by atoms with van der Waals surface area (Å²) >= 11 is 1.03. The van der Waals surface area contributed by atoms with Crippen molar-refractivity contribution >= 4 is 17.7 Å². The Bertz CT molecular complexity index is 718. The molecule has 1 amide bonds. The summed E-state index contributed by atoms with van der Waals surface area (Å²) in [5.74, 6) is -0.820. The summed E-state index contributed by atoms with van der Waals surface area (Å²) in [7, 11) is 0. The summed E-state index contributed by atoms with van der Waals surface area (Å²) in [4.78, 5) is 12.3. The van der Waals surface area contributed by atoms with Crippen LogP contribution in [0.4, 0.5) is 17.6 Å². The molecule has 0 spiro atoms. The molecule has 0 bridgehead atoms. The molecule has 0 fully saturated rings. The van der Waals surface area contributed by atoms with Gasteiger partial charge in [-0.15, -0.1) is 11.8 Å². The summed E-state index contributed by atoms with van der Waals surface area (Å²) in [6.45, 7) is 1.60. The normalized spacial score (nSPS) is 12.7. The highest BCUT2D eigenvalue weighted by Gasteiger charge is 2.30. The Kier molecular flexibility index (Phi) is 5.88. The van der Waals surface area contributed by atoms with Crippen molar-refractivity contribution in [1.29, 1.82) is 0 Å². The van der Waals surface area contributed by atoms with Crippen LogP contribution in [0.3, 0.4) is 0 Å². The van der Waals surface area contributed by atoms with Gasteiger partial charge in [0.2, 0.25) is 5.91 Å². The lowest BCUT2D eigenvalue weighted by Gasteiger charge is -2.16. The zero-order valence-corrected chi connectivity index (χ0v) is 13.5. The van der Waals surface area contributed by atoms with E-state index in [0.717, 1.165) is 23.9 Å². The first kappa shape index (κ1) is 18.3. The number of hydrogen-bond acceptors (Lipinski definition) is 2. The van der Waals surface area contributed by atoms with Gasteiger partial charge in [-0.05, 0) is 36.8 Å². The van der Waals surface area contributed by atoms with Gasteiger partial charge in [0.1, 0.15) is 5.82 Å². The van der Waals surface area contributed by atoms with Crippen molar-refractivity contribution in [2.75, 3.05) is 5.75 Å². The first-order chi connectivity index (χ1) is 11.3. The predicted octanol–water partition coefficient (Wildman–Crippen LogP) is 4.81. The molecule has 2 nitrogen and oxygen atoms in total. The van der Waals surface area contributed by atoms with E-state index >= 15 is 0 Å². The standard InChI is InChI=1S/C17H15F4NOS/c1-11(12-5-4-6-13(9-12)17(19,20)21)22-16(23)10-24-15-8-3-2-7-14(15)18/h2-9,11H,10H2,1H3,(H,22,23). The van der Waals surface area contributed by atoms with E-state index in [1.807, 2.05) is 0 Å². The maximum Gasteiger partial charge on any atom is 0.416 e. The number of alkyl halides is 3. The highest BCUT2D eigenvalue weighted by Crippen LogP contribution is 2.30. The maximum atomic E-state index is 13.5. The van der Waals surface area contributed by atoms with Crippen LogP contribution in [-0.4, -0.2) is 11.7 Å². The van der Waals surface area contributed by atoms with Crippen LogP contribution < -0.4 is 5.32 Å². The van der Waals surface area contributed by atoms with E-state index in [9.17, 15) is 22.4 Å². The van der Waals surface area contributed by atoms with Gasteiger partial charge < -0.3 is 5.32 Å². The average molecular weight is 357 g/mol. The topological polar surface area (TPSA) is 29.1 Å². The molecule has 0 aliphatic rings. The molecule has 0 saturated heterocycles. The first-order valence-corrected chi connectivity index (χ1v) is 8.10. The smallest absolute Gasteiger partial charge is 0.349 e. The van der Waals surface area contributed by atoms with Gasteiger partial charge in [-0.1, -0.05) is 24.3 Å². The van der Waals surface area contributed by atoms with Crippen LogP contribution in [0, 0.1) is 5.82 Å². The minimum atomic E-state index is -4.43. The minimum absolute atomic E-state index is 0.0236. The number of carbonyl (C=O) groups excluding carboxylic acids is 1. The number of thioether (sulfide) groups is 1. The molecule has 24 heavy (non-hydrogen) atoms. The van der Waals surface area contributed by atoms with Gasteiger partial charge in [0.25, 0.3) is 0 Å². The fourth-order valence-electron chi connectivity index (χ4n) is 2.06. The second-order valence-electron chi connectivity index (χ2n) is 5.13. The molecule has 1 atom stereocenters. The number of nitrogens with one attached hydrogen (secondary N) is 1. The number of amides is 1. The van der Waals surface area contributed by atoms with Crippen LogP contribution in [0.5, 0.6) is 0 Å². The molecule has 2 aromatic carbocycles. The molecule has 0 radical (unpaired) electrons. The van der Waals surface area contributed by atoms with E-state index in [-0.39, 0.29) is 11.7 Å². The summed E-state index contributed by atoms with van der Waals surface area (Å²) in [5, 5.41) is 2.61. The molecule has 7 heteroatoms. The third-order valence-corrected chi connectivity index (χ3v) is 4.34. The van der Waals surface area contributed by atoms with E-state index in [1.165, 1.54) is 18.2 Å². The van der Waals surface area contributed by atoms with Crippen LogP contribution in [0.25, 0.3) is 0 Å². The summed E-state index contributed by atoms with van der Waals surface area (Å²) in [5.41, 5.74) is -0.407. The fraction of sp³-hybridized carbons (Fsp3) is 0.235. The van der Waals surface area contributed by atoms with Gasteiger partial charge in [0.05, 0.1) is 17.4 Å². The van der Waals surface area contributed by atoms with Crippen LogP contribution in [-0.2, 0) is 11.0 Å². The number of benzene rings is 2. The Balaban J connectivity index is 1.95. The average Bonchev–Trinajstić information content (AvgIpc) is 2.53. The lowest BCUT2D eigenvalue weighted by molar-refractivity contribution is -0.137. The van der Waals surface area contributed by atoms with Gasteiger partial charge in [-0.3, -0.25) is 4.79 Å². The number of carbonyl (C=O) groups is 1. The predicted molar refractivity (Wildman–Crippen MR) is 85.1 cm³/mol. The quantitative estimate of drug-likeness (QED) is 0.614. The van der Waals surface area contributed by atoms with E-state index in [2.05, 4.69) is 5.32 Å². The van der Waals surface area contributed by atoms with Crippen molar-refractivity contribution in [3.05, 3.63) is 65.5 Å². The summed E-state index contributed by atoms with van der Waals surface area (Å²) in [6, 6.07) is 10.3. The molecule has 128 valence electrons. The molecule has 1 unspecified atom stereocenters. The van der Waals surface area contributed by atoms with Gasteiger partial charge in [-0.25, -0.2) is 4.39 Å². The van der Waals surface area contributed by atoms with Gasteiger partial charge in [0.15, 0.2) is 0 Å². The highest BCUT2D eigenvalue weighted by molar-refractivity contribution is 8.00. The van der Waals surface area contributed by atoms with Crippen LogP contribution in [0.15, 0.2) is 53.4 Å². The van der Waals surface area contributed by atoms with Crippen molar-refractivity contribution in [2.24, 2.45) is 0 Å². The van der Waals surface area contributed by atoms with Crippen molar-refractivity contribution in [3.63, 3.8) is 0 Å². The van der Waals surface area contributed by atoms with Crippen molar-refractivity contribution in [2.45, 2.75) is 24.0 Å². The maximum absolute atomic E-state index is 13.5. The SMILES string of the molecule is CC(NC(=O)CSc1ccccc1F)c1cccc(C(F)(F)F)c1. The Morgan fingerprint density at radius 2 is 1.88 bits per heavy atom. The van der Waals surface area contributed by atoms with E-state index in [4.69, 9.17) is 0 Å². The van der Waals surface area contributed by atoms with Gasteiger partial charge >= 0.3 is 6.18 Å². The third-order valence-electron chi connectivity index (χ3n) is 3.29. The second kappa shape index (κ2) is 7.70. The van der Waals surface area contributed by atoms with Crippen molar-refractivity contribution in [1.82, 2.24) is 5.32 Å².